The molecule has 0 saturated carbocycles. The molecule has 0 bridgehead atoms. The van der Waals surface area contributed by atoms with Gasteiger partial charge in [-0.05, 0) is 13.0 Å². The van der Waals surface area contributed by atoms with Gasteiger partial charge < -0.3 is 9.84 Å². The van der Waals surface area contributed by atoms with Gasteiger partial charge in [0.15, 0.2) is 0 Å². The monoisotopic (exact) mass is 276 g/mol. The van der Waals surface area contributed by atoms with Crippen LogP contribution in [0.15, 0.2) is 18.2 Å². The molecule has 1 N–H and O–H groups in total. The maximum Gasteiger partial charge on any atom is 0.312 e. The minimum absolute atomic E-state index is 0.0299. The predicted octanol–water partition coefficient (Wildman–Crippen LogP) is 2.14. The van der Waals surface area contributed by atoms with Crippen LogP contribution < -0.4 is 0 Å². The van der Waals surface area contributed by atoms with Gasteiger partial charge >= 0.3 is 11.7 Å². The summed E-state index contributed by atoms with van der Waals surface area (Å²) in [6, 6.07) is 4.05. The summed E-state index contributed by atoms with van der Waals surface area (Å²) in [5.41, 5.74) is -0.412. The molecule has 0 aromatic heterocycles. The molecule has 104 valence electrons. The summed E-state index contributed by atoms with van der Waals surface area (Å²) in [7, 11) is 0. The molecule has 0 aliphatic carbocycles. The second kappa shape index (κ2) is 6.89. The maximum atomic E-state index is 11.1. The largest absolute Gasteiger partial charge is 0.502 e. The van der Waals surface area contributed by atoms with Crippen molar-refractivity contribution in [3.63, 3.8) is 0 Å². The molecule has 0 atom stereocenters. The number of carbonyl (C=O) groups excluding carboxylic acids is 1. The maximum absolute atomic E-state index is 11.1. The van der Waals surface area contributed by atoms with Crippen molar-refractivity contribution in [2.75, 3.05) is 6.61 Å². The van der Waals surface area contributed by atoms with Crippen LogP contribution in [-0.4, -0.2) is 22.6 Å². The summed E-state index contributed by atoms with van der Waals surface area (Å²) >= 11 is 0. The number of phenols is 1. The number of esters is 1. The van der Waals surface area contributed by atoms with Gasteiger partial charge in [-0.1, -0.05) is 12.2 Å². The van der Waals surface area contributed by atoms with E-state index in [4.69, 9.17) is 10.00 Å². The van der Waals surface area contributed by atoms with Gasteiger partial charge in [0, 0.05) is 11.6 Å². The molecule has 20 heavy (non-hydrogen) atoms. The fourth-order valence-corrected chi connectivity index (χ4v) is 1.47. The average molecular weight is 276 g/mol. The van der Waals surface area contributed by atoms with Crippen LogP contribution in [0.5, 0.6) is 5.75 Å². The molecule has 1 rings (SSSR count). The van der Waals surface area contributed by atoms with E-state index >= 15 is 0 Å². The number of phenolic OH excluding ortho intramolecular Hbond substituents is 1. The van der Waals surface area contributed by atoms with Crippen molar-refractivity contribution in [3.8, 4) is 11.8 Å². The lowest BCUT2D eigenvalue weighted by Gasteiger charge is -2.02. The van der Waals surface area contributed by atoms with E-state index in [1.165, 1.54) is 18.2 Å². The first-order valence-electron chi connectivity index (χ1n) is 5.73. The average Bonchev–Trinajstić information content (AvgIpc) is 2.40. The molecular formula is C13H12N2O5. The molecule has 0 aliphatic rings. The lowest BCUT2D eigenvalue weighted by Crippen LogP contribution is -2.01. The van der Waals surface area contributed by atoms with Crippen LogP contribution in [0.3, 0.4) is 0 Å². The topological polar surface area (TPSA) is 113 Å². The number of carbonyl (C=O) groups is 1. The normalized spacial score (nSPS) is 10.2. The standard InChI is InChI=1S/C13H12N2O5/c1-2-20-12(16)5-3-4-10-6-9(8-14)7-11(13(10)17)15(18)19/h3-4,6-7,17H,2,5H2,1H3. The molecule has 0 spiro atoms. The van der Waals surface area contributed by atoms with E-state index in [-0.39, 0.29) is 24.2 Å². The number of rotatable bonds is 5. The van der Waals surface area contributed by atoms with E-state index < -0.39 is 22.3 Å². The Kier molecular flexibility index (Phi) is 5.23. The number of benzene rings is 1. The molecule has 0 saturated heterocycles. The quantitative estimate of drug-likeness (QED) is 0.500. The third kappa shape index (κ3) is 3.81. The van der Waals surface area contributed by atoms with Gasteiger partial charge in [0.05, 0.1) is 29.6 Å². The van der Waals surface area contributed by atoms with Crippen LogP contribution >= 0.6 is 0 Å². The molecule has 0 unspecified atom stereocenters. The van der Waals surface area contributed by atoms with E-state index in [1.807, 2.05) is 0 Å². The summed E-state index contributed by atoms with van der Waals surface area (Å²) in [4.78, 5) is 21.1. The van der Waals surface area contributed by atoms with E-state index in [0.717, 1.165) is 6.07 Å². The zero-order valence-electron chi connectivity index (χ0n) is 10.7. The molecule has 0 heterocycles. The predicted molar refractivity (Wildman–Crippen MR) is 69.8 cm³/mol. The zero-order chi connectivity index (χ0) is 15.1. The van der Waals surface area contributed by atoms with E-state index in [1.54, 1.807) is 13.0 Å². The van der Waals surface area contributed by atoms with Crippen LogP contribution in [0.4, 0.5) is 5.69 Å². The smallest absolute Gasteiger partial charge is 0.312 e. The minimum Gasteiger partial charge on any atom is -0.502 e. The van der Waals surface area contributed by atoms with E-state index in [9.17, 15) is 20.0 Å². The Morgan fingerprint density at radius 1 is 1.60 bits per heavy atom. The second-order valence-corrected chi connectivity index (χ2v) is 3.71. The number of nitriles is 1. The molecule has 7 nitrogen and oxygen atoms in total. The molecule has 1 aromatic rings. The first-order valence-corrected chi connectivity index (χ1v) is 5.73. The minimum atomic E-state index is -0.779. The Bertz CT molecular complexity index is 602. The van der Waals surface area contributed by atoms with Gasteiger partial charge in [-0.3, -0.25) is 14.9 Å². The lowest BCUT2D eigenvalue weighted by atomic mass is 10.1. The van der Waals surface area contributed by atoms with Gasteiger partial charge in [0.25, 0.3) is 0 Å². The third-order valence-electron chi connectivity index (χ3n) is 2.33. The molecule has 0 radical (unpaired) electrons. The van der Waals surface area contributed by atoms with Crippen molar-refractivity contribution in [3.05, 3.63) is 39.4 Å². The number of aromatic hydroxyl groups is 1. The summed E-state index contributed by atoms with van der Waals surface area (Å²) in [5.74, 6) is -0.997. The van der Waals surface area contributed by atoms with Crippen molar-refractivity contribution in [1.29, 1.82) is 5.26 Å². The fraction of sp³-hybridized carbons (Fsp3) is 0.231. The Hall–Kier alpha value is -2.88. The van der Waals surface area contributed by atoms with Gasteiger partial charge in [0.2, 0.25) is 5.75 Å². The number of nitro groups is 1. The number of nitro benzene ring substituents is 1. The highest BCUT2D eigenvalue weighted by atomic mass is 16.6. The van der Waals surface area contributed by atoms with Crippen LogP contribution in [0.1, 0.15) is 24.5 Å². The van der Waals surface area contributed by atoms with E-state index in [2.05, 4.69) is 0 Å². The first kappa shape index (κ1) is 15.2. The Labute approximate surface area is 114 Å². The summed E-state index contributed by atoms with van der Waals surface area (Å²) in [6.07, 6.45) is 2.70. The highest BCUT2D eigenvalue weighted by Gasteiger charge is 2.17. The molecule has 0 fully saturated rings. The van der Waals surface area contributed by atoms with Gasteiger partial charge in [-0.15, -0.1) is 0 Å². The van der Waals surface area contributed by atoms with Crippen molar-refractivity contribution in [2.24, 2.45) is 0 Å². The van der Waals surface area contributed by atoms with E-state index in [0.29, 0.717) is 0 Å². The Morgan fingerprint density at radius 2 is 2.30 bits per heavy atom. The van der Waals surface area contributed by atoms with Crippen LogP contribution in [0.25, 0.3) is 6.08 Å². The van der Waals surface area contributed by atoms with Crippen molar-refractivity contribution >= 4 is 17.7 Å². The molecular weight excluding hydrogens is 264 g/mol. The molecule has 0 aliphatic heterocycles. The first-order chi connectivity index (χ1) is 9.49. The SMILES string of the molecule is CCOC(=O)CC=Cc1cc(C#N)cc([N+](=O)[O-])c1O. The fourth-order valence-electron chi connectivity index (χ4n) is 1.47. The van der Waals surface area contributed by atoms with Crippen LogP contribution in [-0.2, 0) is 9.53 Å². The van der Waals surface area contributed by atoms with Crippen LogP contribution in [0, 0.1) is 21.4 Å². The third-order valence-corrected chi connectivity index (χ3v) is 2.33. The second-order valence-electron chi connectivity index (χ2n) is 3.71. The van der Waals surface area contributed by atoms with Gasteiger partial charge in [0.1, 0.15) is 0 Å². The summed E-state index contributed by atoms with van der Waals surface area (Å²) < 4.78 is 4.70. The van der Waals surface area contributed by atoms with Gasteiger partial charge in [-0.25, -0.2) is 0 Å². The number of hydrogen-bond acceptors (Lipinski definition) is 6. The Balaban J connectivity index is 3.03. The summed E-state index contributed by atoms with van der Waals surface area (Å²) in [6.45, 7) is 1.93. The van der Waals surface area contributed by atoms with Gasteiger partial charge in [-0.2, -0.15) is 5.26 Å². The highest BCUT2D eigenvalue weighted by molar-refractivity contribution is 5.74. The van der Waals surface area contributed by atoms with Crippen molar-refractivity contribution in [1.82, 2.24) is 0 Å². The zero-order valence-corrected chi connectivity index (χ0v) is 10.7. The van der Waals surface area contributed by atoms with Crippen molar-refractivity contribution < 1.29 is 19.6 Å². The number of hydrogen-bond donors (Lipinski definition) is 1. The lowest BCUT2D eigenvalue weighted by molar-refractivity contribution is -0.385. The summed E-state index contributed by atoms with van der Waals surface area (Å²) in [5, 5.41) is 29.3. The Morgan fingerprint density at radius 3 is 2.85 bits per heavy atom. The van der Waals surface area contributed by atoms with Crippen molar-refractivity contribution in [2.45, 2.75) is 13.3 Å². The van der Waals surface area contributed by atoms with Crippen LogP contribution in [0.2, 0.25) is 0 Å². The molecule has 0 amide bonds. The molecule has 7 heteroatoms. The molecule has 1 aromatic carbocycles. The highest BCUT2D eigenvalue weighted by Crippen LogP contribution is 2.32. The number of nitrogens with zero attached hydrogens (tertiary/aromatic N) is 2. The number of ether oxygens (including phenoxy) is 1.